The van der Waals surface area contributed by atoms with E-state index in [1.807, 2.05) is 11.6 Å². The molecule has 4 nitrogen and oxygen atoms in total. The Balaban J connectivity index is 0.00000169. The molecule has 2 N–H and O–H groups in total. The lowest BCUT2D eigenvalue weighted by Gasteiger charge is -2.33. The van der Waals surface area contributed by atoms with Gasteiger partial charge in [-0.3, -0.25) is 0 Å². The van der Waals surface area contributed by atoms with Gasteiger partial charge in [-0.25, -0.2) is 4.98 Å². The maximum atomic E-state index is 5.66. The summed E-state index contributed by atoms with van der Waals surface area (Å²) < 4.78 is 5.66. The van der Waals surface area contributed by atoms with Crippen molar-refractivity contribution in [3.8, 4) is 10.6 Å². The van der Waals surface area contributed by atoms with Crippen molar-refractivity contribution in [3.05, 3.63) is 35.8 Å². The number of hydrogen-bond donors (Lipinski definition) is 2. The molecule has 1 aliphatic heterocycles. The average Bonchev–Trinajstić information content (AvgIpc) is 3.28. The highest BCUT2D eigenvalue weighted by Crippen LogP contribution is 2.33. The first kappa shape index (κ1) is 17.7. The molecule has 0 radical (unpaired) electrons. The molecule has 3 unspecified atom stereocenters. The zero-order valence-corrected chi connectivity index (χ0v) is 15.2. The van der Waals surface area contributed by atoms with Gasteiger partial charge in [0.05, 0.1) is 13.2 Å². The van der Waals surface area contributed by atoms with Crippen molar-refractivity contribution in [2.24, 2.45) is 5.92 Å². The maximum Gasteiger partial charge on any atom is 0.123 e. The van der Waals surface area contributed by atoms with E-state index < -0.39 is 0 Å². The molecule has 1 aromatic heterocycles. The Kier molecular flexibility index (Phi) is 6.11. The fourth-order valence-electron chi connectivity index (χ4n) is 3.83. The number of benzene rings is 1. The zero-order valence-electron chi connectivity index (χ0n) is 13.6. The van der Waals surface area contributed by atoms with Crippen LogP contribution in [0, 0.1) is 5.92 Å². The quantitative estimate of drug-likeness (QED) is 0.865. The van der Waals surface area contributed by atoms with Crippen molar-refractivity contribution in [1.82, 2.24) is 10.3 Å². The Hall–Kier alpha value is -1.14. The average molecular weight is 366 g/mol. The predicted molar refractivity (Wildman–Crippen MR) is 102 cm³/mol. The van der Waals surface area contributed by atoms with E-state index in [9.17, 15) is 0 Å². The Morgan fingerprint density at radius 1 is 1.29 bits per heavy atom. The fourth-order valence-corrected chi connectivity index (χ4v) is 4.47. The zero-order chi connectivity index (χ0) is 15.5. The van der Waals surface area contributed by atoms with Crippen molar-refractivity contribution >= 4 is 29.4 Å². The second-order valence-corrected chi connectivity index (χ2v) is 7.29. The van der Waals surface area contributed by atoms with Crippen LogP contribution in [0.2, 0.25) is 0 Å². The SMILES string of the molecule is Cl.c1cc(NC2CCCC2C2COCCN2)cc(-c2nccs2)c1. The Bertz CT molecular complexity index is 631. The smallest absolute Gasteiger partial charge is 0.123 e. The summed E-state index contributed by atoms with van der Waals surface area (Å²) in [6.07, 6.45) is 5.68. The third-order valence-corrected chi connectivity index (χ3v) is 5.75. The summed E-state index contributed by atoms with van der Waals surface area (Å²) in [5, 5.41) is 10.5. The van der Waals surface area contributed by atoms with E-state index in [0.29, 0.717) is 18.0 Å². The van der Waals surface area contributed by atoms with Crippen molar-refractivity contribution < 1.29 is 4.74 Å². The molecule has 0 bridgehead atoms. The molecule has 2 aromatic rings. The minimum Gasteiger partial charge on any atom is -0.382 e. The number of hydrogen-bond acceptors (Lipinski definition) is 5. The first-order chi connectivity index (χ1) is 11.4. The van der Waals surface area contributed by atoms with Gasteiger partial charge in [0.15, 0.2) is 0 Å². The maximum absolute atomic E-state index is 5.66. The first-order valence-electron chi connectivity index (χ1n) is 8.48. The van der Waals surface area contributed by atoms with Gasteiger partial charge in [-0.2, -0.15) is 0 Å². The summed E-state index contributed by atoms with van der Waals surface area (Å²) in [6, 6.07) is 9.65. The molecule has 1 saturated carbocycles. The van der Waals surface area contributed by atoms with Crippen LogP contribution in [-0.2, 0) is 4.74 Å². The second kappa shape index (κ2) is 8.30. The van der Waals surface area contributed by atoms with Crippen LogP contribution in [0.4, 0.5) is 5.69 Å². The van der Waals surface area contributed by atoms with Crippen molar-refractivity contribution in [2.45, 2.75) is 31.3 Å². The number of rotatable bonds is 4. The molecule has 1 aromatic carbocycles. The summed E-state index contributed by atoms with van der Waals surface area (Å²) in [4.78, 5) is 4.41. The molecule has 0 amide bonds. The van der Waals surface area contributed by atoms with E-state index in [0.717, 1.165) is 24.8 Å². The number of morpholine rings is 1. The van der Waals surface area contributed by atoms with Crippen LogP contribution in [0.15, 0.2) is 35.8 Å². The van der Waals surface area contributed by atoms with E-state index in [4.69, 9.17) is 4.74 Å². The highest BCUT2D eigenvalue weighted by molar-refractivity contribution is 7.13. The van der Waals surface area contributed by atoms with Gasteiger partial charge in [0.2, 0.25) is 0 Å². The molecule has 2 heterocycles. The Morgan fingerprint density at radius 2 is 2.25 bits per heavy atom. The Morgan fingerprint density at radius 3 is 3.04 bits per heavy atom. The molecule has 1 saturated heterocycles. The third-order valence-electron chi connectivity index (χ3n) is 4.93. The van der Waals surface area contributed by atoms with Crippen LogP contribution in [0.5, 0.6) is 0 Å². The van der Waals surface area contributed by atoms with Gasteiger partial charge in [-0.05, 0) is 30.9 Å². The number of ether oxygens (including phenoxy) is 1. The lowest BCUT2D eigenvalue weighted by atomic mass is 9.93. The third kappa shape index (κ3) is 3.91. The van der Waals surface area contributed by atoms with E-state index in [1.54, 1.807) is 11.3 Å². The van der Waals surface area contributed by atoms with Crippen LogP contribution in [0.1, 0.15) is 19.3 Å². The van der Waals surface area contributed by atoms with E-state index in [2.05, 4.69) is 39.9 Å². The van der Waals surface area contributed by atoms with Gasteiger partial charge < -0.3 is 15.4 Å². The summed E-state index contributed by atoms with van der Waals surface area (Å²) in [7, 11) is 0. The number of thiazole rings is 1. The molecular weight excluding hydrogens is 342 g/mol. The summed E-state index contributed by atoms with van der Waals surface area (Å²) in [5.74, 6) is 0.652. The molecule has 2 aliphatic rings. The molecule has 24 heavy (non-hydrogen) atoms. The predicted octanol–water partition coefficient (Wildman–Crippen LogP) is 3.80. The van der Waals surface area contributed by atoms with Gasteiger partial charge >= 0.3 is 0 Å². The van der Waals surface area contributed by atoms with Crippen LogP contribution >= 0.6 is 23.7 Å². The fraction of sp³-hybridized carbons (Fsp3) is 0.500. The van der Waals surface area contributed by atoms with Crippen LogP contribution < -0.4 is 10.6 Å². The number of aromatic nitrogens is 1. The normalized spacial score (nSPS) is 26.8. The molecule has 1 aliphatic carbocycles. The minimum atomic E-state index is 0. The Labute approximate surface area is 153 Å². The highest BCUT2D eigenvalue weighted by atomic mass is 35.5. The molecule has 6 heteroatoms. The van der Waals surface area contributed by atoms with Gasteiger partial charge in [0, 0.05) is 41.5 Å². The number of anilines is 1. The van der Waals surface area contributed by atoms with Crippen LogP contribution in [0.3, 0.4) is 0 Å². The lowest BCUT2D eigenvalue weighted by molar-refractivity contribution is 0.0559. The van der Waals surface area contributed by atoms with Gasteiger partial charge in [-0.1, -0.05) is 18.6 Å². The largest absolute Gasteiger partial charge is 0.382 e. The number of nitrogens with one attached hydrogen (secondary N) is 2. The topological polar surface area (TPSA) is 46.2 Å². The van der Waals surface area contributed by atoms with Gasteiger partial charge in [0.1, 0.15) is 5.01 Å². The van der Waals surface area contributed by atoms with Gasteiger partial charge in [0.25, 0.3) is 0 Å². The molecule has 3 atom stereocenters. The highest BCUT2D eigenvalue weighted by Gasteiger charge is 2.34. The summed E-state index contributed by atoms with van der Waals surface area (Å²) in [5.41, 5.74) is 2.39. The van der Waals surface area contributed by atoms with Crippen LogP contribution in [0.25, 0.3) is 10.6 Å². The van der Waals surface area contributed by atoms with E-state index >= 15 is 0 Å². The summed E-state index contributed by atoms with van der Waals surface area (Å²) >= 11 is 1.69. The second-order valence-electron chi connectivity index (χ2n) is 6.40. The minimum absolute atomic E-state index is 0. The van der Waals surface area contributed by atoms with E-state index in [1.165, 1.54) is 30.5 Å². The monoisotopic (exact) mass is 365 g/mol. The molecule has 0 spiro atoms. The molecule has 4 rings (SSSR count). The van der Waals surface area contributed by atoms with Crippen LogP contribution in [-0.4, -0.2) is 36.8 Å². The molecular formula is C18H24ClN3OS. The lowest BCUT2D eigenvalue weighted by Crippen LogP contribution is -2.49. The number of halogens is 1. The van der Waals surface area contributed by atoms with E-state index in [-0.39, 0.29) is 12.4 Å². The molecule has 130 valence electrons. The van der Waals surface area contributed by atoms with Crippen molar-refractivity contribution in [1.29, 1.82) is 0 Å². The van der Waals surface area contributed by atoms with Crippen molar-refractivity contribution in [3.63, 3.8) is 0 Å². The standard InChI is InChI=1S/C18H23N3OS.ClH/c1-3-13(18-20-8-10-23-18)11-14(4-1)21-16-6-2-5-15(16)17-12-22-9-7-19-17;/h1,3-4,8,10-11,15-17,19,21H,2,5-7,9,12H2;1H. The van der Waals surface area contributed by atoms with Crippen molar-refractivity contribution in [2.75, 3.05) is 25.1 Å². The molecule has 2 fully saturated rings. The number of nitrogens with zero attached hydrogens (tertiary/aromatic N) is 1. The first-order valence-corrected chi connectivity index (χ1v) is 9.36. The van der Waals surface area contributed by atoms with Gasteiger partial charge in [-0.15, -0.1) is 23.7 Å². The summed E-state index contributed by atoms with van der Waals surface area (Å²) in [6.45, 7) is 2.67.